The fourth-order valence-electron chi connectivity index (χ4n) is 1.43. The molecule has 0 amide bonds. The summed E-state index contributed by atoms with van der Waals surface area (Å²) in [6, 6.07) is 4.25. The molecule has 0 fully saturated rings. The first-order chi connectivity index (χ1) is 7.39. The molecule has 0 atom stereocenters. The van der Waals surface area contributed by atoms with Crippen molar-refractivity contribution in [3.63, 3.8) is 0 Å². The summed E-state index contributed by atoms with van der Waals surface area (Å²) in [5.41, 5.74) is -0.971. The van der Waals surface area contributed by atoms with Crippen molar-refractivity contribution in [3.8, 4) is 0 Å². The molecule has 0 aliphatic rings. The van der Waals surface area contributed by atoms with E-state index in [2.05, 4.69) is 0 Å². The molecule has 0 saturated heterocycles. The van der Waals surface area contributed by atoms with Gasteiger partial charge in [0.1, 0.15) is 5.52 Å². The quantitative estimate of drug-likeness (QED) is 0.558. The van der Waals surface area contributed by atoms with Crippen molar-refractivity contribution in [1.82, 2.24) is 4.68 Å². The first-order valence-corrected chi connectivity index (χ1v) is 4.22. The number of hydrogen-bond acceptors (Lipinski definition) is 2. The monoisotopic (exact) mass is 230 g/mol. The molecule has 2 rings (SSSR count). The van der Waals surface area contributed by atoms with Crippen LogP contribution in [-0.4, -0.2) is 9.71 Å². The first-order valence-electron chi connectivity index (χ1n) is 4.22. The largest absolute Gasteiger partial charge is 0.416 e. The lowest BCUT2D eigenvalue weighted by molar-refractivity contribution is -0.537. The molecule has 0 spiro atoms. The van der Waals surface area contributed by atoms with Gasteiger partial charge in [0, 0.05) is 5.39 Å². The Bertz CT molecular complexity index is 559. The van der Waals surface area contributed by atoms with Crippen LogP contribution in [0.5, 0.6) is 0 Å². The molecule has 1 heterocycles. The van der Waals surface area contributed by atoms with Gasteiger partial charge in [-0.3, -0.25) is 0 Å². The molecule has 1 aromatic carbocycles. The summed E-state index contributed by atoms with van der Waals surface area (Å²) >= 11 is 0. The van der Waals surface area contributed by atoms with Crippen LogP contribution in [0.3, 0.4) is 0 Å². The topological polar surface area (TPSA) is 48.1 Å². The maximum Gasteiger partial charge on any atom is 0.416 e. The van der Waals surface area contributed by atoms with Crippen molar-refractivity contribution in [1.29, 1.82) is 0 Å². The maximum atomic E-state index is 12.4. The van der Waals surface area contributed by atoms with Gasteiger partial charge in [-0.1, -0.05) is 10.7 Å². The van der Waals surface area contributed by atoms with E-state index in [1.165, 1.54) is 12.1 Å². The minimum atomic E-state index is -4.50. The number of hydrogen-bond donors (Lipinski definition) is 0. The number of halogens is 3. The van der Waals surface area contributed by atoms with Crippen LogP contribution in [0.25, 0.3) is 10.9 Å². The molecule has 84 valence electrons. The second kappa shape index (κ2) is 3.22. The van der Waals surface area contributed by atoms with Crippen LogP contribution in [0.15, 0.2) is 30.5 Å². The number of benzene rings is 1. The van der Waals surface area contributed by atoms with Crippen LogP contribution in [-0.2, 0) is 6.18 Å². The summed E-state index contributed by atoms with van der Waals surface area (Å²) < 4.78 is 37.7. The highest BCUT2D eigenvalue weighted by atomic mass is 19.4. The van der Waals surface area contributed by atoms with Gasteiger partial charge in [0.15, 0.2) is 5.03 Å². The first kappa shape index (κ1) is 10.5. The molecule has 0 aliphatic carbocycles. The fraction of sp³-hybridized carbons (Fsp3) is 0.111. The molecule has 16 heavy (non-hydrogen) atoms. The second-order valence-corrected chi connectivity index (χ2v) is 3.17. The van der Waals surface area contributed by atoms with Crippen molar-refractivity contribution >= 4 is 10.9 Å². The Hall–Kier alpha value is -2.05. The lowest BCUT2D eigenvalue weighted by atomic mass is 10.1. The third kappa shape index (κ3) is 1.60. The van der Waals surface area contributed by atoms with Gasteiger partial charge in [0.25, 0.3) is 0 Å². The van der Waals surface area contributed by atoms with Gasteiger partial charge in [0.2, 0.25) is 0 Å². The summed E-state index contributed by atoms with van der Waals surface area (Å²) in [5, 5.41) is 10.1. The Morgan fingerprint density at radius 2 is 1.94 bits per heavy atom. The highest BCUT2D eigenvalue weighted by Gasteiger charge is 2.31. The summed E-state index contributed by atoms with van der Waals surface area (Å²) in [4.78, 5) is 10.5. The maximum absolute atomic E-state index is 12.4. The van der Waals surface area contributed by atoms with E-state index in [1.54, 1.807) is 0 Å². The van der Waals surface area contributed by atoms with Crippen LogP contribution in [0.4, 0.5) is 13.2 Å². The van der Waals surface area contributed by atoms with Crippen molar-refractivity contribution in [2.75, 3.05) is 0 Å². The molecular weight excluding hydrogens is 225 g/mol. The third-order valence-electron chi connectivity index (χ3n) is 2.18. The van der Waals surface area contributed by atoms with E-state index >= 15 is 0 Å². The average molecular weight is 230 g/mol. The van der Waals surface area contributed by atoms with Crippen LogP contribution in [0.2, 0.25) is 0 Å². The van der Waals surface area contributed by atoms with Crippen molar-refractivity contribution in [2.45, 2.75) is 6.18 Å². The normalized spacial score (nSPS) is 11.9. The number of rotatable bonds is 1. The van der Waals surface area contributed by atoms with Gasteiger partial charge in [-0.05, 0) is 18.2 Å². The number of aromatic nitrogens is 1. The van der Waals surface area contributed by atoms with Crippen molar-refractivity contribution in [3.05, 3.63) is 46.1 Å². The third-order valence-corrected chi connectivity index (χ3v) is 2.18. The molecule has 0 radical (unpaired) electrons. The van der Waals surface area contributed by atoms with E-state index in [0.717, 1.165) is 18.3 Å². The van der Waals surface area contributed by atoms with E-state index in [1.807, 2.05) is 0 Å². The van der Waals surface area contributed by atoms with E-state index < -0.39 is 16.8 Å². The lowest BCUT2D eigenvalue weighted by Crippen LogP contribution is -2.08. The Morgan fingerprint density at radius 3 is 2.50 bits per heavy atom. The Morgan fingerprint density at radius 1 is 1.25 bits per heavy atom. The van der Waals surface area contributed by atoms with Crippen molar-refractivity contribution in [2.24, 2.45) is 0 Å². The van der Waals surface area contributed by atoms with Gasteiger partial charge in [-0.25, -0.2) is 10.1 Å². The molecule has 0 bridgehead atoms. The van der Waals surface area contributed by atoms with Gasteiger partial charge in [-0.15, -0.1) is 0 Å². The highest BCUT2D eigenvalue weighted by molar-refractivity contribution is 5.80. The lowest BCUT2D eigenvalue weighted by Gasteiger charge is -2.05. The SMILES string of the molecule is O=[N+]([O-])n1ccc2ccc(C(F)(F)F)cc21. The number of fused-ring (bicyclic) bond motifs is 1. The van der Waals surface area contributed by atoms with E-state index in [-0.39, 0.29) is 5.52 Å². The van der Waals surface area contributed by atoms with Crippen LogP contribution >= 0.6 is 0 Å². The summed E-state index contributed by atoms with van der Waals surface area (Å²) in [7, 11) is 0. The van der Waals surface area contributed by atoms with Crippen LogP contribution in [0.1, 0.15) is 5.56 Å². The molecule has 7 heteroatoms. The Labute approximate surface area is 87.0 Å². The Kier molecular flexibility index (Phi) is 2.11. The Balaban J connectivity index is 2.68. The number of nitrogens with zero attached hydrogens (tertiary/aromatic N) is 2. The summed E-state index contributed by atoms with van der Waals surface area (Å²) in [6.45, 7) is 0. The zero-order valence-corrected chi connectivity index (χ0v) is 7.73. The second-order valence-electron chi connectivity index (χ2n) is 3.17. The summed E-state index contributed by atoms with van der Waals surface area (Å²) in [5.74, 6) is 0. The van der Waals surface area contributed by atoms with Gasteiger partial charge in [-0.2, -0.15) is 13.2 Å². The van der Waals surface area contributed by atoms with Crippen molar-refractivity contribution < 1.29 is 18.2 Å². The minimum Gasteiger partial charge on any atom is -0.234 e. The predicted molar refractivity (Wildman–Crippen MR) is 49.3 cm³/mol. The molecule has 0 saturated carbocycles. The fourth-order valence-corrected chi connectivity index (χ4v) is 1.43. The molecule has 0 unspecified atom stereocenters. The highest BCUT2D eigenvalue weighted by Crippen LogP contribution is 2.31. The number of nitro groups is 1. The molecule has 0 aliphatic heterocycles. The molecule has 2 aromatic rings. The van der Waals surface area contributed by atoms with Gasteiger partial charge in [0.05, 0.1) is 11.8 Å². The zero-order valence-electron chi connectivity index (χ0n) is 7.73. The standard InChI is InChI=1S/C9H5F3N2O2/c10-9(11,12)7-2-1-6-3-4-13(14(15)16)8(6)5-7/h1-5H. The van der Waals surface area contributed by atoms with E-state index in [9.17, 15) is 23.3 Å². The van der Waals surface area contributed by atoms with E-state index in [4.69, 9.17) is 0 Å². The van der Waals surface area contributed by atoms with Gasteiger partial charge >= 0.3 is 6.18 Å². The zero-order chi connectivity index (χ0) is 11.9. The molecule has 0 N–H and O–H groups in total. The summed E-state index contributed by atoms with van der Waals surface area (Å²) in [6.07, 6.45) is -3.38. The predicted octanol–water partition coefficient (Wildman–Crippen LogP) is 2.70. The minimum absolute atomic E-state index is 0.0696. The van der Waals surface area contributed by atoms with Gasteiger partial charge < -0.3 is 0 Å². The smallest absolute Gasteiger partial charge is 0.234 e. The molecular formula is C9H5F3N2O2. The molecule has 1 aromatic heterocycles. The average Bonchev–Trinajstić information content (AvgIpc) is 2.58. The van der Waals surface area contributed by atoms with E-state index in [0.29, 0.717) is 10.1 Å². The van der Waals surface area contributed by atoms with Crippen LogP contribution in [0, 0.1) is 10.1 Å². The molecule has 4 nitrogen and oxygen atoms in total. The van der Waals surface area contributed by atoms with Crippen LogP contribution < -0.4 is 0 Å². The number of alkyl halides is 3.